The molecule has 0 unspecified atom stereocenters. The summed E-state index contributed by atoms with van der Waals surface area (Å²) in [4.78, 5) is 4.36. The predicted molar refractivity (Wildman–Crippen MR) is 86.9 cm³/mol. The summed E-state index contributed by atoms with van der Waals surface area (Å²) in [6.07, 6.45) is 2.40. The molecule has 3 aromatic rings. The van der Waals surface area contributed by atoms with Gasteiger partial charge in [0.05, 0.1) is 5.75 Å². The largest absolute Gasteiger partial charge is 0.338 e. The van der Waals surface area contributed by atoms with E-state index in [1.165, 1.54) is 36.7 Å². The van der Waals surface area contributed by atoms with E-state index in [1.807, 2.05) is 0 Å². The highest BCUT2D eigenvalue weighted by atomic mass is 32.2. The molecule has 0 atom stereocenters. The van der Waals surface area contributed by atoms with E-state index >= 15 is 0 Å². The molecule has 1 aliphatic carbocycles. The Morgan fingerprint density at radius 3 is 2.75 bits per heavy atom. The molecule has 8 heteroatoms. The number of hydrogen-bond acceptors (Lipinski definition) is 6. The van der Waals surface area contributed by atoms with E-state index in [0.717, 1.165) is 23.1 Å². The minimum Gasteiger partial charge on any atom is -0.338 e. The van der Waals surface area contributed by atoms with Crippen molar-refractivity contribution >= 4 is 11.8 Å². The van der Waals surface area contributed by atoms with E-state index < -0.39 is 0 Å². The number of halogens is 1. The van der Waals surface area contributed by atoms with Crippen molar-refractivity contribution in [1.29, 1.82) is 0 Å². The Hall–Kier alpha value is -2.22. The minimum atomic E-state index is -0.289. The van der Waals surface area contributed by atoms with Gasteiger partial charge in [0.2, 0.25) is 11.7 Å². The van der Waals surface area contributed by atoms with Crippen molar-refractivity contribution in [2.24, 2.45) is 0 Å². The predicted octanol–water partition coefficient (Wildman–Crippen LogP) is 3.66. The van der Waals surface area contributed by atoms with Gasteiger partial charge in [-0.1, -0.05) is 16.9 Å². The molecule has 2 aromatic heterocycles. The Bertz CT molecular complexity index is 841. The van der Waals surface area contributed by atoms with Gasteiger partial charge in [-0.25, -0.2) is 4.39 Å². The van der Waals surface area contributed by atoms with Gasteiger partial charge in [-0.3, -0.25) is 0 Å². The van der Waals surface area contributed by atoms with Gasteiger partial charge in [-0.15, -0.1) is 10.2 Å². The van der Waals surface area contributed by atoms with Crippen LogP contribution in [0, 0.1) is 5.82 Å². The van der Waals surface area contributed by atoms with Gasteiger partial charge in [0.15, 0.2) is 5.16 Å². The van der Waals surface area contributed by atoms with Gasteiger partial charge in [0, 0.05) is 18.0 Å². The standard InChI is InChI=1S/C16H16FN5OS/c1-2-22-15(11-3-4-11)19-20-16(22)24-9-13-18-14(21-23-13)10-5-7-12(17)8-6-10/h5-8,11H,2-4,9H2,1H3. The molecule has 0 N–H and O–H groups in total. The lowest BCUT2D eigenvalue weighted by Crippen LogP contribution is -2.02. The van der Waals surface area contributed by atoms with Crippen molar-refractivity contribution in [3.05, 3.63) is 41.8 Å². The Morgan fingerprint density at radius 1 is 1.25 bits per heavy atom. The summed E-state index contributed by atoms with van der Waals surface area (Å²) >= 11 is 1.53. The smallest absolute Gasteiger partial charge is 0.237 e. The van der Waals surface area contributed by atoms with Crippen molar-refractivity contribution < 1.29 is 8.91 Å². The summed E-state index contributed by atoms with van der Waals surface area (Å²) in [5.41, 5.74) is 0.726. The molecule has 6 nitrogen and oxygen atoms in total. The zero-order valence-electron chi connectivity index (χ0n) is 13.1. The van der Waals surface area contributed by atoms with Crippen molar-refractivity contribution in [2.45, 2.75) is 43.1 Å². The molecule has 0 bridgehead atoms. The van der Waals surface area contributed by atoms with E-state index in [4.69, 9.17) is 4.52 Å². The van der Waals surface area contributed by atoms with Gasteiger partial charge < -0.3 is 9.09 Å². The second-order valence-electron chi connectivity index (χ2n) is 5.67. The van der Waals surface area contributed by atoms with Gasteiger partial charge >= 0.3 is 0 Å². The van der Waals surface area contributed by atoms with Crippen LogP contribution in [0.15, 0.2) is 33.9 Å². The lowest BCUT2D eigenvalue weighted by Gasteiger charge is -2.04. The molecule has 0 radical (unpaired) electrons. The third kappa shape index (κ3) is 3.06. The van der Waals surface area contributed by atoms with E-state index in [9.17, 15) is 4.39 Å². The van der Waals surface area contributed by atoms with Crippen LogP contribution in [0.5, 0.6) is 0 Å². The fourth-order valence-electron chi connectivity index (χ4n) is 2.50. The first kappa shape index (κ1) is 15.3. The minimum absolute atomic E-state index is 0.289. The Balaban J connectivity index is 1.46. The molecule has 1 aromatic carbocycles. The second-order valence-corrected chi connectivity index (χ2v) is 6.61. The topological polar surface area (TPSA) is 69.6 Å². The molecule has 2 heterocycles. The molecule has 1 fully saturated rings. The zero-order valence-corrected chi connectivity index (χ0v) is 14.0. The van der Waals surface area contributed by atoms with Crippen LogP contribution >= 0.6 is 11.8 Å². The first-order chi connectivity index (χ1) is 11.7. The number of aromatic nitrogens is 5. The van der Waals surface area contributed by atoms with Crippen LogP contribution in [0.25, 0.3) is 11.4 Å². The zero-order chi connectivity index (χ0) is 16.5. The highest BCUT2D eigenvalue weighted by Crippen LogP contribution is 2.40. The average molecular weight is 345 g/mol. The van der Waals surface area contributed by atoms with Crippen LogP contribution in [0.4, 0.5) is 4.39 Å². The summed E-state index contributed by atoms with van der Waals surface area (Å²) in [7, 11) is 0. The Kier molecular flexibility index (Phi) is 4.05. The average Bonchev–Trinajstić information content (AvgIpc) is 3.19. The van der Waals surface area contributed by atoms with Crippen molar-refractivity contribution in [3.8, 4) is 11.4 Å². The normalized spacial score (nSPS) is 14.2. The molecule has 1 aliphatic rings. The molecule has 1 saturated carbocycles. The molecule has 0 saturated heterocycles. The summed E-state index contributed by atoms with van der Waals surface area (Å²) in [5.74, 6) is 2.86. The van der Waals surface area contributed by atoms with Crippen molar-refractivity contribution in [2.75, 3.05) is 0 Å². The SMILES string of the molecule is CCn1c(SCc2nc(-c3ccc(F)cc3)no2)nnc1C1CC1. The quantitative estimate of drug-likeness (QED) is 0.635. The van der Waals surface area contributed by atoms with E-state index in [1.54, 1.807) is 12.1 Å². The fraction of sp³-hybridized carbons (Fsp3) is 0.375. The van der Waals surface area contributed by atoms with E-state index in [0.29, 0.717) is 23.4 Å². The number of nitrogens with zero attached hydrogens (tertiary/aromatic N) is 5. The first-order valence-electron chi connectivity index (χ1n) is 7.89. The lowest BCUT2D eigenvalue weighted by atomic mass is 10.2. The highest BCUT2D eigenvalue weighted by Gasteiger charge is 2.30. The number of hydrogen-bond donors (Lipinski definition) is 0. The van der Waals surface area contributed by atoms with Crippen LogP contribution in [0.2, 0.25) is 0 Å². The lowest BCUT2D eigenvalue weighted by molar-refractivity contribution is 0.391. The highest BCUT2D eigenvalue weighted by molar-refractivity contribution is 7.98. The fourth-order valence-corrected chi connectivity index (χ4v) is 3.35. The van der Waals surface area contributed by atoms with Crippen molar-refractivity contribution in [3.63, 3.8) is 0 Å². The Labute approximate surface area is 142 Å². The van der Waals surface area contributed by atoms with E-state index in [2.05, 4.69) is 31.8 Å². The molecule has 0 amide bonds. The monoisotopic (exact) mass is 345 g/mol. The van der Waals surface area contributed by atoms with Crippen molar-refractivity contribution in [1.82, 2.24) is 24.9 Å². The van der Waals surface area contributed by atoms with Gasteiger partial charge in [-0.2, -0.15) is 4.98 Å². The van der Waals surface area contributed by atoms with Crippen LogP contribution in [-0.2, 0) is 12.3 Å². The third-order valence-electron chi connectivity index (χ3n) is 3.90. The molecule has 0 aliphatic heterocycles. The maximum absolute atomic E-state index is 13.0. The van der Waals surface area contributed by atoms with Crippen LogP contribution in [0.3, 0.4) is 0 Å². The maximum atomic E-state index is 13.0. The van der Waals surface area contributed by atoms with Gasteiger partial charge in [0.1, 0.15) is 11.6 Å². The second kappa shape index (κ2) is 6.35. The van der Waals surface area contributed by atoms with Crippen LogP contribution in [0.1, 0.15) is 37.4 Å². The third-order valence-corrected chi connectivity index (χ3v) is 4.85. The summed E-state index contributed by atoms with van der Waals surface area (Å²) in [6.45, 7) is 2.95. The van der Waals surface area contributed by atoms with Gasteiger partial charge in [0.25, 0.3) is 0 Å². The molecular formula is C16H16FN5OS. The van der Waals surface area contributed by atoms with E-state index in [-0.39, 0.29) is 5.82 Å². The molecule has 4 rings (SSSR count). The summed E-state index contributed by atoms with van der Waals surface area (Å²) in [5, 5.41) is 13.4. The van der Waals surface area contributed by atoms with Gasteiger partial charge in [-0.05, 0) is 44.0 Å². The maximum Gasteiger partial charge on any atom is 0.237 e. The number of thioether (sulfide) groups is 1. The molecular weight excluding hydrogens is 329 g/mol. The number of benzene rings is 1. The first-order valence-corrected chi connectivity index (χ1v) is 8.87. The Morgan fingerprint density at radius 2 is 2.04 bits per heavy atom. The summed E-state index contributed by atoms with van der Waals surface area (Å²) in [6, 6.07) is 6.02. The van der Waals surface area contributed by atoms with Crippen LogP contribution in [-0.4, -0.2) is 24.9 Å². The molecule has 24 heavy (non-hydrogen) atoms. The van der Waals surface area contributed by atoms with Crippen LogP contribution < -0.4 is 0 Å². The summed E-state index contributed by atoms with van der Waals surface area (Å²) < 4.78 is 20.4. The molecule has 0 spiro atoms. The number of rotatable bonds is 6. The molecule has 124 valence electrons.